The maximum absolute atomic E-state index is 13.6. The Labute approximate surface area is 147 Å². The van der Waals surface area contributed by atoms with Crippen molar-refractivity contribution in [2.24, 2.45) is 0 Å². The number of amides is 1. The van der Waals surface area contributed by atoms with Crippen LogP contribution in [-0.2, 0) is 6.54 Å². The van der Waals surface area contributed by atoms with E-state index in [9.17, 15) is 18.0 Å². The van der Waals surface area contributed by atoms with Gasteiger partial charge in [0.25, 0.3) is 5.91 Å². The first-order valence-corrected chi connectivity index (χ1v) is 7.78. The zero-order valence-electron chi connectivity index (χ0n) is 14.1. The smallest absolute Gasteiger partial charge is 0.274 e. The second kappa shape index (κ2) is 6.99. The van der Waals surface area contributed by atoms with E-state index in [-0.39, 0.29) is 17.8 Å². The number of carbonyl (C=O) groups is 1. The van der Waals surface area contributed by atoms with Gasteiger partial charge in [0.1, 0.15) is 17.5 Å². The fraction of sp³-hybridized carbons (Fsp3) is 0.167. The summed E-state index contributed by atoms with van der Waals surface area (Å²) in [7, 11) is 0. The summed E-state index contributed by atoms with van der Waals surface area (Å²) in [5, 5.41) is 10.3. The molecule has 0 bridgehead atoms. The van der Waals surface area contributed by atoms with E-state index in [0.717, 1.165) is 17.7 Å². The summed E-state index contributed by atoms with van der Waals surface area (Å²) in [5.41, 5.74) is 1.83. The number of carbonyl (C=O) groups excluding carboxylic acids is 1. The number of nitrogens with one attached hydrogen (secondary N) is 1. The van der Waals surface area contributed by atoms with Gasteiger partial charge in [0.2, 0.25) is 0 Å². The summed E-state index contributed by atoms with van der Waals surface area (Å²) in [6, 6.07) is 7.34. The summed E-state index contributed by atoms with van der Waals surface area (Å²) in [6.07, 6.45) is 0. The van der Waals surface area contributed by atoms with Crippen molar-refractivity contribution in [3.05, 3.63) is 76.4 Å². The molecule has 0 spiro atoms. The number of hydrogen-bond donors (Lipinski definition) is 1. The zero-order chi connectivity index (χ0) is 18.8. The van der Waals surface area contributed by atoms with Crippen LogP contribution in [0.1, 0.15) is 27.3 Å². The molecular weight excluding hydrogens is 345 g/mol. The van der Waals surface area contributed by atoms with E-state index in [1.165, 1.54) is 22.9 Å². The number of nitrogens with zero attached hydrogens (tertiary/aromatic N) is 3. The standard InChI is InChI=1S/C18H15F3N4O/c1-10-3-5-14(20)8-16(10)25-11(2)17(23-24-25)18(26)22-9-12-4-6-13(19)7-15(12)21/h3-8H,9H2,1-2H3,(H,22,26). The van der Waals surface area contributed by atoms with Crippen LogP contribution in [0, 0.1) is 31.3 Å². The molecule has 134 valence electrons. The summed E-state index contributed by atoms with van der Waals surface area (Å²) in [5.74, 6) is -2.44. The maximum Gasteiger partial charge on any atom is 0.274 e. The van der Waals surface area contributed by atoms with Crippen LogP contribution in [0.15, 0.2) is 36.4 Å². The molecule has 5 nitrogen and oxygen atoms in total. The molecule has 0 unspecified atom stereocenters. The number of rotatable bonds is 4. The SMILES string of the molecule is Cc1ccc(F)cc1-n1nnc(C(=O)NCc2ccc(F)cc2F)c1C. The molecule has 26 heavy (non-hydrogen) atoms. The lowest BCUT2D eigenvalue weighted by atomic mass is 10.2. The first-order chi connectivity index (χ1) is 12.4. The molecule has 8 heteroatoms. The second-order valence-corrected chi connectivity index (χ2v) is 5.78. The fourth-order valence-electron chi connectivity index (χ4n) is 2.50. The van der Waals surface area contributed by atoms with Crippen LogP contribution in [0.5, 0.6) is 0 Å². The van der Waals surface area contributed by atoms with Gasteiger partial charge in [-0.1, -0.05) is 17.3 Å². The highest BCUT2D eigenvalue weighted by Crippen LogP contribution is 2.18. The van der Waals surface area contributed by atoms with Crippen LogP contribution in [0.3, 0.4) is 0 Å². The average Bonchev–Trinajstić information content (AvgIpc) is 2.97. The molecule has 0 atom stereocenters. The molecule has 1 aromatic heterocycles. The Morgan fingerprint density at radius 1 is 1.08 bits per heavy atom. The van der Waals surface area contributed by atoms with E-state index in [1.54, 1.807) is 19.9 Å². The van der Waals surface area contributed by atoms with E-state index in [4.69, 9.17) is 0 Å². The highest BCUT2D eigenvalue weighted by Gasteiger charge is 2.18. The molecule has 1 N–H and O–H groups in total. The van der Waals surface area contributed by atoms with Crippen LogP contribution in [0.25, 0.3) is 5.69 Å². The van der Waals surface area contributed by atoms with Crippen molar-refractivity contribution in [2.45, 2.75) is 20.4 Å². The van der Waals surface area contributed by atoms with E-state index in [1.807, 2.05) is 0 Å². The normalized spacial score (nSPS) is 10.8. The third kappa shape index (κ3) is 3.44. The average molecular weight is 360 g/mol. The Bertz CT molecular complexity index is 985. The molecule has 1 amide bonds. The summed E-state index contributed by atoms with van der Waals surface area (Å²) in [6.45, 7) is 3.28. The van der Waals surface area contributed by atoms with Crippen LogP contribution < -0.4 is 5.32 Å². The molecule has 0 radical (unpaired) electrons. The largest absolute Gasteiger partial charge is 0.346 e. The predicted octanol–water partition coefficient (Wildman–Crippen LogP) is 3.23. The van der Waals surface area contributed by atoms with Crippen LogP contribution in [-0.4, -0.2) is 20.9 Å². The highest BCUT2D eigenvalue weighted by molar-refractivity contribution is 5.93. The van der Waals surface area contributed by atoms with Crippen molar-refractivity contribution in [1.82, 2.24) is 20.3 Å². The van der Waals surface area contributed by atoms with Crippen LogP contribution in [0.4, 0.5) is 13.2 Å². The molecule has 2 aromatic carbocycles. The van der Waals surface area contributed by atoms with Crippen molar-refractivity contribution in [2.75, 3.05) is 0 Å². The second-order valence-electron chi connectivity index (χ2n) is 5.78. The molecule has 0 fully saturated rings. The lowest BCUT2D eigenvalue weighted by Crippen LogP contribution is -2.24. The summed E-state index contributed by atoms with van der Waals surface area (Å²) in [4.78, 5) is 12.3. The maximum atomic E-state index is 13.6. The molecular formula is C18H15F3N4O. The molecule has 0 aliphatic rings. The van der Waals surface area contributed by atoms with Gasteiger partial charge in [-0.15, -0.1) is 5.10 Å². The van der Waals surface area contributed by atoms with Crippen LogP contribution in [0.2, 0.25) is 0 Å². The minimum atomic E-state index is -0.749. The molecule has 0 saturated carbocycles. The van der Waals surface area contributed by atoms with Gasteiger partial charge in [-0.3, -0.25) is 4.79 Å². The number of hydrogen-bond acceptors (Lipinski definition) is 3. The van der Waals surface area contributed by atoms with Gasteiger partial charge in [0.05, 0.1) is 11.4 Å². The van der Waals surface area contributed by atoms with Gasteiger partial charge in [-0.25, -0.2) is 17.9 Å². The number of benzene rings is 2. The van der Waals surface area contributed by atoms with Gasteiger partial charge in [0.15, 0.2) is 5.69 Å². The van der Waals surface area contributed by atoms with Gasteiger partial charge in [0, 0.05) is 18.2 Å². The Morgan fingerprint density at radius 2 is 1.77 bits per heavy atom. The monoisotopic (exact) mass is 360 g/mol. The quantitative estimate of drug-likeness (QED) is 0.777. The van der Waals surface area contributed by atoms with Crippen molar-refractivity contribution >= 4 is 5.91 Å². The highest BCUT2D eigenvalue weighted by atomic mass is 19.1. The molecule has 0 aliphatic heterocycles. The van der Waals surface area contributed by atoms with E-state index in [0.29, 0.717) is 11.4 Å². The van der Waals surface area contributed by atoms with Crippen molar-refractivity contribution in [3.63, 3.8) is 0 Å². The van der Waals surface area contributed by atoms with Crippen molar-refractivity contribution in [1.29, 1.82) is 0 Å². The molecule has 3 aromatic rings. The van der Waals surface area contributed by atoms with Gasteiger partial charge in [-0.05, 0) is 37.6 Å². The van der Waals surface area contributed by atoms with Crippen molar-refractivity contribution in [3.8, 4) is 5.69 Å². The Hall–Kier alpha value is -3.16. The Kier molecular flexibility index (Phi) is 4.75. The lowest BCUT2D eigenvalue weighted by molar-refractivity contribution is 0.0945. The molecule has 1 heterocycles. The van der Waals surface area contributed by atoms with E-state index >= 15 is 0 Å². The minimum Gasteiger partial charge on any atom is -0.346 e. The first-order valence-electron chi connectivity index (χ1n) is 7.78. The van der Waals surface area contributed by atoms with E-state index in [2.05, 4.69) is 15.6 Å². The first kappa shape index (κ1) is 17.7. The number of aryl methyl sites for hydroxylation is 1. The number of aromatic nitrogens is 3. The van der Waals surface area contributed by atoms with Gasteiger partial charge in [-0.2, -0.15) is 0 Å². The Morgan fingerprint density at radius 3 is 2.50 bits per heavy atom. The lowest BCUT2D eigenvalue weighted by Gasteiger charge is -2.08. The summed E-state index contributed by atoms with van der Waals surface area (Å²) < 4.78 is 41.4. The molecule has 0 aliphatic carbocycles. The topological polar surface area (TPSA) is 59.8 Å². The summed E-state index contributed by atoms with van der Waals surface area (Å²) >= 11 is 0. The van der Waals surface area contributed by atoms with Gasteiger partial charge < -0.3 is 5.32 Å². The van der Waals surface area contributed by atoms with Crippen molar-refractivity contribution < 1.29 is 18.0 Å². The fourth-order valence-corrected chi connectivity index (χ4v) is 2.50. The predicted molar refractivity (Wildman–Crippen MR) is 88.3 cm³/mol. The van der Waals surface area contributed by atoms with Crippen LogP contribution >= 0.6 is 0 Å². The molecule has 0 saturated heterocycles. The third-order valence-electron chi connectivity index (χ3n) is 3.96. The zero-order valence-corrected chi connectivity index (χ0v) is 14.1. The minimum absolute atomic E-state index is 0.0381. The Balaban J connectivity index is 1.81. The third-order valence-corrected chi connectivity index (χ3v) is 3.96. The molecule has 3 rings (SSSR count). The number of halogens is 3. The van der Waals surface area contributed by atoms with E-state index < -0.39 is 23.4 Å². The van der Waals surface area contributed by atoms with Gasteiger partial charge >= 0.3 is 0 Å².